The van der Waals surface area contributed by atoms with Crippen LogP contribution in [0.15, 0.2) is 24.0 Å². The zero-order chi connectivity index (χ0) is 11.7. The predicted octanol–water partition coefficient (Wildman–Crippen LogP) is 3.84. The molecular formula is C13H22O2. The number of allylic oxidation sites excluding steroid dienone is 3. The SMILES string of the molecule is CCC(=O)O/C=C/C(C)C/C=C(\C)CC. The van der Waals surface area contributed by atoms with Crippen molar-refractivity contribution in [1.82, 2.24) is 0 Å². The molecule has 0 radical (unpaired) electrons. The Morgan fingerprint density at radius 1 is 1.33 bits per heavy atom. The number of esters is 1. The molecule has 0 aromatic heterocycles. The van der Waals surface area contributed by atoms with Crippen molar-refractivity contribution in [3.63, 3.8) is 0 Å². The van der Waals surface area contributed by atoms with Gasteiger partial charge in [0.05, 0.1) is 6.26 Å². The summed E-state index contributed by atoms with van der Waals surface area (Å²) >= 11 is 0. The summed E-state index contributed by atoms with van der Waals surface area (Å²) in [5.74, 6) is 0.231. The van der Waals surface area contributed by atoms with Crippen LogP contribution >= 0.6 is 0 Å². The molecule has 2 nitrogen and oxygen atoms in total. The summed E-state index contributed by atoms with van der Waals surface area (Å²) in [6.07, 6.45) is 8.18. The highest BCUT2D eigenvalue weighted by Gasteiger charge is 1.96. The van der Waals surface area contributed by atoms with E-state index in [1.807, 2.05) is 6.08 Å². The Bertz CT molecular complexity index is 239. The van der Waals surface area contributed by atoms with Crippen molar-refractivity contribution in [3.8, 4) is 0 Å². The molecule has 0 aliphatic rings. The highest BCUT2D eigenvalue weighted by Crippen LogP contribution is 2.09. The van der Waals surface area contributed by atoms with Crippen molar-refractivity contribution in [2.75, 3.05) is 0 Å². The Morgan fingerprint density at radius 2 is 2.00 bits per heavy atom. The quantitative estimate of drug-likeness (QED) is 0.378. The van der Waals surface area contributed by atoms with Gasteiger partial charge in [-0.15, -0.1) is 0 Å². The maximum absolute atomic E-state index is 10.8. The van der Waals surface area contributed by atoms with Crippen LogP contribution in [0.1, 0.15) is 47.0 Å². The van der Waals surface area contributed by atoms with Gasteiger partial charge in [-0.25, -0.2) is 0 Å². The lowest BCUT2D eigenvalue weighted by Gasteiger charge is -2.02. The van der Waals surface area contributed by atoms with Crippen molar-refractivity contribution in [2.45, 2.75) is 47.0 Å². The summed E-state index contributed by atoms with van der Waals surface area (Å²) in [4.78, 5) is 10.8. The molecule has 0 bridgehead atoms. The van der Waals surface area contributed by atoms with E-state index in [1.54, 1.807) is 6.92 Å². The van der Waals surface area contributed by atoms with Gasteiger partial charge >= 0.3 is 5.97 Å². The van der Waals surface area contributed by atoms with E-state index in [9.17, 15) is 4.79 Å². The van der Waals surface area contributed by atoms with Crippen molar-refractivity contribution in [2.24, 2.45) is 5.92 Å². The van der Waals surface area contributed by atoms with Gasteiger partial charge in [-0.05, 0) is 31.8 Å². The molecule has 0 aromatic rings. The lowest BCUT2D eigenvalue weighted by atomic mass is 10.1. The van der Waals surface area contributed by atoms with Crippen molar-refractivity contribution in [1.29, 1.82) is 0 Å². The number of carbonyl (C=O) groups excluding carboxylic acids is 1. The first-order valence-corrected chi connectivity index (χ1v) is 5.61. The van der Waals surface area contributed by atoms with Crippen LogP contribution in [0.3, 0.4) is 0 Å². The minimum Gasteiger partial charge on any atom is -0.435 e. The Labute approximate surface area is 93.0 Å². The molecule has 86 valence electrons. The van der Waals surface area contributed by atoms with Crippen LogP contribution in [0.4, 0.5) is 0 Å². The van der Waals surface area contributed by atoms with Gasteiger partial charge in [-0.3, -0.25) is 4.79 Å². The van der Waals surface area contributed by atoms with Gasteiger partial charge in [-0.1, -0.05) is 32.4 Å². The lowest BCUT2D eigenvalue weighted by molar-refractivity contribution is -0.137. The fourth-order valence-corrected chi connectivity index (χ4v) is 0.943. The second-order valence-electron chi connectivity index (χ2n) is 3.79. The molecule has 1 atom stereocenters. The van der Waals surface area contributed by atoms with E-state index in [2.05, 4.69) is 26.8 Å². The predicted molar refractivity (Wildman–Crippen MR) is 63.4 cm³/mol. The van der Waals surface area contributed by atoms with Gasteiger partial charge in [0.1, 0.15) is 0 Å². The summed E-state index contributed by atoms with van der Waals surface area (Å²) in [7, 11) is 0. The summed E-state index contributed by atoms with van der Waals surface area (Å²) in [6, 6.07) is 0. The first-order chi connectivity index (χ1) is 7.10. The number of hydrogen-bond donors (Lipinski definition) is 0. The average molecular weight is 210 g/mol. The van der Waals surface area contributed by atoms with Gasteiger partial charge in [0.2, 0.25) is 0 Å². The summed E-state index contributed by atoms with van der Waals surface area (Å²) in [6.45, 7) is 8.17. The minimum absolute atomic E-state index is 0.182. The first kappa shape index (κ1) is 13.9. The number of carbonyl (C=O) groups is 1. The number of ether oxygens (including phenoxy) is 1. The third kappa shape index (κ3) is 7.98. The first-order valence-electron chi connectivity index (χ1n) is 5.61. The van der Waals surface area contributed by atoms with E-state index in [-0.39, 0.29) is 5.97 Å². The fourth-order valence-electron chi connectivity index (χ4n) is 0.943. The lowest BCUT2D eigenvalue weighted by Crippen LogP contribution is -1.96. The van der Waals surface area contributed by atoms with Crippen molar-refractivity contribution in [3.05, 3.63) is 24.0 Å². The van der Waals surface area contributed by atoms with Gasteiger partial charge in [0, 0.05) is 6.42 Å². The standard InChI is InChI=1S/C13H22O2/c1-5-11(3)7-8-12(4)9-10-15-13(14)6-2/h7,9-10,12H,5-6,8H2,1-4H3/b10-9+,11-7+. The zero-order valence-corrected chi connectivity index (χ0v) is 10.2. The molecule has 0 saturated carbocycles. The van der Waals surface area contributed by atoms with E-state index in [4.69, 9.17) is 4.74 Å². The molecule has 0 amide bonds. The number of rotatable bonds is 6. The Balaban J connectivity index is 3.83. The summed E-state index contributed by atoms with van der Waals surface area (Å²) < 4.78 is 4.85. The molecule has 0 aromatic carbocycles. The fraction of sp³-hybridized carbons (Fsp3) is 0.615. The molecule has 0 N–H and O–H groups in total. The minimum atomic E-state index is -0.182. The van der Waals surface area contributed by atoms with E-state index in [0.29, 0.717) is 12.3 Å². The third-order valence-corrected chi connectivity index (χ3v) is 2.29. The molecule has 0 heterocycles. The van der Waals surface area contributed by atoms with Crippen LogP contribution in [0.25, 0.3) is 0 Å². The smallest absolute Gasteiger partial charge is 0.310 e. The Morgan fingerprint density at radius 3 is 2.53 bits per heavy atom. The topological polar surface area (TPSA) is 26.3 Å². The maximum atomic E-state index is 10.8. The molecule has 0 saturated heterocycles. The normalized spacial score (nSPS) is 14.3. The highest BCUT2D eigenvalue weighted by atomic mass is 16.5. The van der Waals surface area contributed by atoms with Gasteiger partial charge in [0.25, 0.3) is 0 Å². The number of hydrogen-bond acceptors (Lipinski definition) is 2. The largest absolute Gasteiger partial charge is 0.435 e. The van der Waals surface area contributed by atoms with Crippen molar-refractivity contribution >= 4 is 5.97 Å². The van der Waals surface area contributed by atoms with E-state index < -0.39 is 0 Å². The highest BCUT2D eigenvalue weighted by molar-refractivity contribution is 5.69. The zero-order valence-electron chi connectivity index (χ0n) is 10.2. The molecule has 2 heteroatoms. The van der Waals surface area contributed by atoms with Crippen molar-refractivity contribution < 1.29 is 9.53 Å². The molecule has 0 aliphatic heterocycles. The molecule has 15 heavy (non-hydrogen) atoms. The Kier molecular flexibility index (Phi) is 7.69. The second kappa shape index (κ2) is 8.27. The molecule has 0 aliphatic carbocycles. The van der Waals surface area contributed by atoms with Crippen LogP contribution in [0, 0.1) is 5.92 Å². The second-order valence-corrected chi connectivity index (χ2v) is 3.79. The monoisotopic (exact) mass is 210 g/mol. The maximum Gasteiger partial charge on any atom is 0.310 e. The van der Waals surface area contributed by atoms with Gasteiger partial charge in [-0.2, -0.15) is 0 Å². The van der Waals surface area contributed by atoms with Crippen LogP contribution in [0.2, 0.25) is 0 Å². The van der Waals surface area contributed by atoms with Gasteiger partial charge in [0.15, 0.2) is 0 Å². The molecule has 0 spiro atoms. The molecule has 0 fully saturated rings. The van der Waals surface area contributed by atoms with Crippen LogP contribution < -0.4 is 0 Å². The summed E-state index contributed by atoms with van der Waals surface area (Å²) in [5.41, 5.74) is 1.40. The van der Waals surface area contributed by atoms with E-state index in [1.165, 1.54) is 11.8 Å². The third-order valence-electron chi connectivity index (χ3n) is 2.29. The Hall–Kier alpha value is -1.05. The molecule has 1 unspecified atom stereocenters. The van der Waals surface area contributed by atoms with Gasteiger partial charge < -0.3 is 4.74 Å². The van der Waals surface area contributed by atoms with Crippen LogP contribution in [-0.2, 0) is 9.53 Å². The summed E-state index contributed by atoms with van der Waals surface area (Å²) in [5, 5.41) is 0. The van der Waals surface area contributed by atoms with Crippen LogP contribution in [-0.4, -0.2) is 5.97 Å². The molecule has 0 rings (SSSR count). The average Bonchev–Trinajstić information content (AvgIpc) is 2.25. The van der Waals surface area contributed by atoms with Crippen LogP contribution in [0.5, 0.6) is 0 Å². The molecular weight excluding hydrogens is 188 g/mol. The van der Waals surface area contributed by atoms with E-state index >= 15 is 0 Å². The van der Waals surface area contributed by atoms with E-state index in [0.717, 1.165) is 12.8 Å².